The largest absolute Gasteiger partial charge is 0.478 e. The van der Waals surface area contributed by atoms with Crippen molar-refractivity contribution < 1.29 is 9.53 Å². The van der Waals surface area contributed by atoms with Gasteiger partial charge in [0, 0.05) is 30.8 Å². The van der Waals surface area contributed by atoms with Crippen molar-refractivity contribution in [1.82, 2.24) is 15.3 Å². The molecule has 0 aromatic carbocycles. The lowest BCUT2D eigenvalue weighted by Crippen LogP contribution is -2.33. The van der Waals surface area contributed by atoms with E-state index in [1.54, 1.807) is 6.07 Å². The fourth-order valence-electron chi connectivity index (χ4n) is 1.64. The minimum absolute atomic E-state index is 0.0342. The van der Waals surface area contributed by atoms with Crippen LogP contribution in [0.15, 0.2) is 6.07 Å². The average molecular weight is 294 g/mol. The van der Waals surface area contributed by atoms with Gasteiger partial charge < -0.3 is 15.4 Å². The Labute approximate surface area is 126 Å². The quantitative estimate of drug-likeness (QED) is 0.731. The molecule has 21 heavy (non-hydrogen) atoms. The van der Waals surface area contributed by atoms with E-state index in [1.165, 1.54) is 0 Å². The Kier molecular flexibility index (Phi) is 7.50. The molecular weight excluding hydrogens is 268 g/mol. The molecule has 0 saturated carbocycles. The number of aryl methyl sites for hydroxylation is 1. The second-order valence-corrected chi connectivity index (χ2v) is 5.07. The first kappa shape index (κ1) is 17.2. The number of ether oxygens (including phenoxy) is 1. The van der Waals surface area contributed by atoms with Gasteiger partial charge in [-0.2, -0.15) is 4.98 Å². The summed E-state index contributed by atoms with van der Waals surface area (Å²) in [6, 6.07) is 2.01. The first-order chi connectivity index (χ1) is 10.0. The molecule has 0 spiro atoms. The number of rotatable bonds is 9. The summed E-state index contributed by atoms with van der Waals surface area (Å²) in [4.78, 5) is 20.2. The normalized spacial score (nSPS) is 11.8. The van der Waals surface area contributed by atoms with E-state index in [9.17, 15) is 4.79 Å². The number of amides is 1. The standard InChI is InChI=1S/C15H26N4O2/c1-5-9-21-14-10-12(4)18-15(19-14)16-8-7-13(20)17-11(3)6-2/h10-11H,5-9H2,1-4H3,(H,17,20)(H,16,18,19). The summed E-state index contributed by atoms with van der Waals surface area (Å²) in [7, 11) is 0. The molecule has 0 aliphatic carbocycles. The third kappa shape index (κ3) is 6.92. The van der Waals surface area contributed by atoms with Crippen LogP contribution in [0.3, 0.4) is 0 Å². The predicted octanol–water partition coefficient (Wildman–Crippen LogP) is 2.29. The number of aromatic nitrogens is 2. The van der Waals surface area contributed by atoms with Gasteiger partial charge in [-0.3, -0.25) is 4.79 Å². The van der Waals surface area contributed by atoms with Crippen molar-refractivity contribution in [2.24, 2.45) is 0 Å². The van der Waals surface area contributed by atoms with E-state index in [1.807, 2.05) is 27.7 Å². The summed E-state index contributed by atoms with van der Waals surface area (Å²) in [5.74, 6) is 1.10. The molecule has 1 unspecified atom stereocenters. The minimum Gasteiger partial charge on any atom is -0.478 e. The molecule has 6 nitrogen and oxygen atoms in total. The molecule has 1 aromatic rings. The Morgan fingerprint density at radius 1 is 1.38 bits per heavy atom. The van der Waals surface area contributed by atoms with Crippen molar-refractivity contribution in [2.75, 3.05) is 18.5 Å². The van der Waals surface area contributed by atoms with Gasteiger partial charge in [0.25, 0.3) is 0 Å². The second kappa shape index (κ2) is 9.15. The highest BCUT2D eigenvalue weighted by Gasteiger charge is 2.06. The van der Waals surface area contributed by atoms with Crippen LogP contribution in [-0.2, 0) is 4.79 Å². The van der Waals surface area contributed by atoms with Crippen molar-refractivity contribution in [3.8, 4) is 5.88 Å². The van der Waals surface area contributed by atoms with Gasteiger partial charge in [-0.1, -0.05) is 13.8 Å². The van der Waals surface area contributed by atoms with Gasteiger partial charge in [0.2, 0.25) is 17.7 Å². The van der Waals surface area contributed by atoms with Gasteiger partial charge >= 0.3 is 0 Å². The minimum atomic E-state index is 0.0342. The van der Waals surface area contributed by atoms with Crippen LogP contribution in [0.25, 0.3) is 0 Å². The lowest BCUT2D eigenvalue weighted by atomic mass is 10.2. The van der Waals surface area contributed by atoms with Gasteiger partial charge in [-0.25, -0.2) is 4.98 Å². The van der Waals surface area contributed by atoms with Crippen molar-refractivity contribution in [1.29, 1.82) is 0 Å². The Bertz CT molecular complexity index is 451. The van der Waals surface area contributed by atoms with Crippen molar-refractivity contribution in [3.63, 3.8) is 0 Å². The highest BCUT2D eigenvalue weighted by Crippen LogP contribution is 2.12. The van der Waals surface area contributed by atoms with Crippen LogP contribution in [0.4, 0.5) is 5.95 Å². The number of hydrogen-bond acceptors (Lipinski definition) is 5. The van der Waals surface area contributed by atoms with Crippen molar-refractivity contribution >= 4 is 11.9 Å². The topological polar surface area (TPSA) is 76.1 Å². The van der Waals surface area contributed by atoms with E-state index in [0.717, 1.165) is 18.5 Å². The molecule has 1 rings (SSSR count). The molecule has 0 bridgehead atoms. The summed E-state index contributed by atoms with van der Waals surface area (Å²) < 4.78 is 5.50. The summed E-state index contributed by atoms with van der Waals surface area (Å²) in [6.07, 6.45) is 2.26. The predicted molar refractivity (Wildman–Crippen MR) is 83.6 cm³/mol. The van der Waals surface area contributed by atoms with Crippen LogP contribution < -0.4 is 15.4 Å². The molecule has 1 amide bonds. The number of carbonyl (C=O) groups excluding carboxylic acids is 1. The van der Waals surface area contributed by atoms with E-state index >= 15 is 0 Å². The molecule has 6 heteroatoms. The van der Waals surface area contributed by atoms with Gasteiger partial charge in [0.05, 0.1) is 6.61 Å². The van der Waals surface area contributed by atoms with Crippen LogP contribution in [0.2, 0.25) is 0 Å². The first-order valence-electron chi connectivity index (χ1n) is 7.56. The van der Waals surface area contributed by atoms with Gasteiger partial charge in [0.15, 0.2) is 0 Å². The summed E-state index contributed by atoms with van der Waals surface area (Å²) >= 11 is 0. The molecule has 0 aliphatic heterocycles. The van der Waals surface area contributed by atoms with Gasteiger partial charge in [-0.15, -0.1) is 0 Å². The summed E-state index contributed by atoms with van der Waals surface area (Å²) in [6.45, 7) is 9.10. The number of nitrogens with one attached hydrogen (secondary N) is 2. The smallest absolute Gasteiger partial charge is 0.226 e. The third-order valence-corrected chi connectivity index (χ3v) is 2.94. The van der Waals surface area contributed by atoms with E-state index in [4.69, 9.17) is 4.74 Å². The maximum atomic E-state index is 11.7. The third-order valence-electron chi connectivity index (χ3n) is 2.94. The fourth-order valence-corrected chi connectivity index (χ4v) is 1.64. The summed E-state index contributed by atoms with van der Waals surface area (Å²) in [5, 5.41) is 5.98. The molecule has 1 heterocycles. The van der Waals surface area contributed by atoms with Crippen molar-refractivity contribution in [2.45, 2.75) is 53.0 Å². The lowest BCUT2D eigenvalue weighted by molar-refractivity contribution is -0.121. The summed E-state index contributed by atoms with van der Waals surface area (Å²) in [5.41, 5.74) is 0.836. The molecular formula is C15H26N4O2. The second-order valence-electron chi connectivity index (χ2n) is 5.07. The highest BCUT2D eigenvalue weighted by molar-refractivity contribution is 5.76. The zero-order valence-corrected chi connectivity index (χ0v) is 13.4. The maximum absolute atomic E-state index is 11.7. The Morgan fingerprint density at radius 2 is 2.14 bits per heavy atom. The zero-order chi connectivity index (χ0) is 15.7. The Morgan fingerprint density at radius 3 is 2.81 bits per heavy atom. The van der Waals surface area contributed by atoms with Crippen LogP contribution >= 0.6 is 0 Å². The first-order valence-corrected chi connectivity index (χ1v) is 7.56. The number of hydrogen-bond donors (Lipinski definition) is 2. The highest BCUT2D eigenvalue weighted by atomic mass is 16.5. The van der Waals surface area contributed by atoms with E-state index < -0.39 is 0 Å². The number of anilines is 1. The molecule has 0 radical (unpaired) electrons. The van der Waals surface area contributed by atoms with Crippen LogP contribution in [0.5, 0.6) is 5.88 Å². The molecule has 0 aliphatic rings. The monoisotopic (exact) mass is 294 g/mol. The van der Waals surface area contributed by atoms with Gasteiger partial charge in [-0.05, 0) is 26.7 Å². The van der Waals surface area contributed by atoms with Gasteiger partial charge in [0.1, 0.15) is 0 Å². The maximum Gasteiger partial charge on any atom is 0.226 e. The van der Waals surface area contributed by atoms with Crippen LogP contribution in [0, 0.1) is 6.92 Å². The Balaban J connectivity index is 2.44. The van der Waals surface area contributed by atoms with E-state index in [2.05, 4.69) is 20.6 Å². The van der Waals surface area contributed by atoms with Crippen LogP contribution in [0.1, 0.15) is 45.7 Å². The number of nitrogens with zero attached hydrogens (tertiary/aromatic N) is 2. The SMILES string of the molecule is CCCOc1cc(C)nc(NCCC(=O)NC(C)CC)n1. The average Bonchev–Trinajstić information content (AvgIpc) is 2.44. The van der Waals surface area contributed by atoms with E-state index in [0.29, 0.717) is 31.4 Å². The van der Waals surface area contributed by atoms with Crippen LogP contribution in [-0.4, -0.2) is 35.1 Å². The molecule has 2 N–H and O–H groups in total. The van der Waals surface area contributed by atoms with Crippen molar-refractivity contribution in [3.05, 3.63) is 11.8 Å². The lowest BCUT2D eigenvalue weighted by Gasteiger charge is -2.12. The van der Waals surface area contributed by atoms with E-state index in [-0.39, 0.29) is 11.9 Å². The number of carbonyl (C=O) groups is 1. The molecule has 118 valence electrons. The fraction of sp³-hybridized carbons (Fsp3) is 0.667. The zero-order valence-electron chi connectivity index (χ0n) is 13.4. The molecule has 0 fully saturated rings. The molecule has 1 atom stereocenters. The Hall–Kier alpha value is -1.85. The molecule has 1 aromatic heterocycles. The molecule has 0 saturated heterocycles.